The molecule has 0 aliphatic carbocycles. The van der Waals surface area contributed by atoms with Crippen LogP contribution in [0.1, 0.15) is 25.5 Å². The van der Waals surface area contributed by atoms with Crippen LogP contribution in [-0.4, -0.2) is 35.6 Å². The molecule has 5 heteroatoms. The van der Waals surface area contributed by atoms with Crippen molar-refractivity contribution in [2.75, 3.05) is 19.6 Å². The average Bonchev–Trinajstić information content (AvgIpc) is 2.89. The highest BCUT2D eigenvalue weighted by molar-refractivity contribution is 7.07. The molecule has 1 N–H and O–H groups in total. The fourth-order valence-corrected chi connectivity index (χ4v) is 2.70. The molecule has 0 amide bonds. The Bertz CT molecular complexity index is 273. The first kappa shape index (κ1) is 13.9. The second-order valence-electron chi connectivity index (χ2n) is 4.10. The van der Waals surface area contributed by atoms with Gasteiger partial charge in [-0.05, 0) is 25.9 Å². The fourth-order valence-electron chi connectivity index (χ4n) is 2.15. The first-order valence-electron chi connectivity index (χ1n) is 5.72. The Hall–Kier alpha value is -0.160. The number of rotatable bonds is 5. The van der Waals surface area contributed by atoms with Gasteiger partial charge in [0.15, 0.2) is 0 Å². The quantitative estimate of drug-likeness (QED) is 0.880. The van der Waals surface area contributed by atoms with Gasteiger partial charge in [-0.25, -0.2) is 4.98 Å². The lowest BCUT2D eigenvalue weighted by Crippen LogP contribution is -2.36. The molecule has 1 aliphatic heterocycles. The molecular formula is C11H20ClN3S. The molecule has 16 heavy (non-hydrogen) atoms. The van der Waals surface area contributed by atoms with Crippen LogP contribution in [0.4, 0.5) is 0 Å². The van der Waals surface area contributed by atoms with E-state index in [1.165, 1.54) is 31.6 Å². The summed E-state index contributed by atoms with van der Waals surface area (Å²) >= 11 is 1.69. The molecule has 3 nitrogen and oxygen atoms in total. The first-order chi connectivity index (χ1) is 7.40. The summed E-state index contributed by atoms with van der Waals surface area (Å²) in [6, 6.07) is 0.714. The maximum atomic E-state index is 4.37. The minimum atomic E-state index is 0. The molecule has 1 unspecified atom stereocenters. The molecule has 0 saturated carbocycles. The van der Waals surface area contributed by atoms with Crippen LogP contribution < -0.4 is 5.32 Å². The second-order valence-corrected chi connectivity index (χ2v) is 4.82. The van der Waals surface area contributed by atoms with Crippen LogP contribution in [0.2, 0.25) is 0 Å². The zero-order chi connectivity index (χ0) is 10.5. The van der Waals surface area contributed by atoms with Crippen molar-refractivity contribution in [2.24, 2.45) is 0 Å². The van der Waals surface area contributed by atoms with E-state index in [1.54, 1.807) is 11.3 Å². The van der Waals surface area contributed by atoms with Gasteiger partial charge in [-0.2, -0.15) is 0 Å². The van der Waals surface area contributed by atoms with E-state index in [0.29, 0.717) is 6.04 Å². The van der Waals surface area contributed by atoms with E-state index in [1.807, 2.05) is 5.51 Å². The molecule has 0 spiro atoms. The maximum Gasteiger partial charge on any atom is 0.0795 e. The van der Waals surface area contributed by atoms with Gasteiger partial charge >= 0.3 is 0 Å². The summed E-state index contributed by atoms with van der Waals surface area (Å²) in [6.07, 6.45) is 2.50. The van der Waals surface area contributed by atoms with Crippen molar-refractivity contribution < 1.29 is 0 Å². The number of hydrogen-bond donors (Lipinski definition) is 1. The van der Waals surface area contributed by atoms with Crippen LogP contribution in [0, 0.1) is 0 Å². The number of hydrogen-bond acceptors (Lipinski definition) is 4. The third-order valence-corrected chi connectivity index (χ3v) is 3.55. The van der Waals surface area contributed by atoms with Gasteiger partial charge in [-0.3, -0.25) is 4.90 Å². The summed E-state index contributed by atoms with van der Waals surface area (Å²) in [6.45, 7) is 6.76. The molecule has 1 aromatic rings. The molecular weight excluding hydrogens is 242 g/mol. The highest BCUT2D eigenvalue weighted by Gasteiger charge is 2.21. The van der Waals surface area contributed by atoms with Crippen LogP contribution in [0.3, 0.4) is 0 Å². The van der Waals surface area contributed by atoms with Crippen LogP contribution in [-0.2, 0) is 6.54 Å². The fraction of sp³-hybridized carbons (Fsp3) is 0.727. The summed E-state index contributed by atoms with van der Waals surface area (Å²) < 4.78 is 0. The average molecular weight is 262 g/mol. The van der Waals surface area contributed by atoms with Crippen LogP contribution in [0.5, 0.6) is 0 Å². The Labute approximate surface area is 108 Å². The predicted molar refractivity (Wildman–Crippen MR) is 71.3 cm³/mol. The molecule has 1 fully saturated rings. The van der Waals surface area contributed by atoms with E-state index < -0.39 is 0 Å². The zero-order valence-electron chi connectivity index (χ0n) is 9.69. The lowest BCUT2D eigenvalue weighted by Gasteiger charge is -2.27. The minimum absolute atomic E-state index is 0. The highest BCUT2D eigenvalue weighted by Crippen LogP contribution is 2.13. The Balaban J connectivity index is 0.00000128. The molecule has 0 aromatic carbocycles. The largest absolute Gasteiger partial charge is 0.315 e. The lowest BCUT2D eigenvalue weighted by molar-refractivity contribution is 0.197. The summed E-state index contributed by atoms with van der Waals surface area (Å²) in [5.41, 5.74) is 3.15. The summed E-state index contributed by atoms with van der Waals surface area (Å²) in [5, 5.41) is 5.59. The van der Waals surface area contributed by atoms with Gasteiger partial charge in [0.1, 0.15) is 0 Å². The van der Waals surface area contributed by atoms with Gasteiger partial charge in [0, 0.05) is 24.5 Å². The third kappa shape index (κ3) is 3.70. The number of aromatic nitrogens is 1. The van der Waals surface area contributed by atoms with E-state index in [2.05, 4.69) is 27.5 Å². The van der Waals surface area contributed by atoms with E-state index in [4.69, 9.17) is 0 Å². The summed E-state index contributed by atoms with van der Waals surface area (Å²) in [7, 11) is 0. The molecule has 1 atom stereocenters. The summed E-state index contributed by atoms with van der Waals surface area (Å²) in [5.74, 6) is 0. The van der Waals surface area contributed by atoms with Crippen molar-refractivity contribution in [3.63, 3.8) is 0 Å². The maximum absolute atomic E-state index is 4.37. The van der Waals surface area contributed by atoms with Crippen molar-refractivity contribution in [3.05, 3.63) is 16.6 Å². The van der Waals surface area contributed by atoms with Crippen molar-refractivity contribution in [1.82, 2.24) is 15.2 Å². The monoisotopic (exact) mass is 261 g/mol. The van der Waals surface area contributed by atoms with Crippen molar-refractivity contribution >= 4 is 23.7 Å². The number of halogens is 1. The zero-order valence-corrected chi connectivity index (χ0v) is 11.3. The number of thiazole rings is 1. The Kier molecular flexibility index (Phi) is 6.28. The molecule has 1 aliphatic rings. The molecule has 1 aromatic heterocycles. The molecule has 2 rings (SSSR count). The summed E-state index contributed by atoms with van der Waals surface area (Å²) in [4.78, 5) is 6.93. The highest BCUT2D eigenvalue weighted by atomic mass is 35.5. The van der Waals surface area contributed by atoms with E-state index >= 15 is 0 Å². The number of nitrogens with one attached hydrogen (secondary N) is 1. The minimum Gasteiger partial charge on any atom is -0.315 e. The second kappa shape index (κ2) is 7.22. The van der Waals surface area contributed by atoms with E-state index in [9.17, 15) is 0 Å². The smallest absolute Gasteiger partial charge is 0.0795 e. The predicted octanol–water partition coefficient (Wildman–Crippen LogP) is 2.14. The molecule has 2 heterocycles. The van der Waals surface area contributed by atoms with Gasteiger partial charge in [0.2, 0.25) is 0 Å². The molecule has 92 valence electrons. The standard InChI is InChI=1S/C11H19N3S.ClH/c1-2-5-14(11-3-4-12-6-11)7-10-8-15-9-13-10;/h8-9,11-12H,2-7H2,1H3;1H. The van der Waals surface area contributed by atoms with Gasteiger partial charge in [-0.15, -0.1) is 23.7 Å². The van der Waals surface area contributed by atoms with Crippen molar-refractivity contribution in [3.8, 4) is 0 Å². The van der Waals surface area contributed by atoms with Gasteiger partial charge < -0.3 is 5.32 Å². The molecule has 0 radical (unpaired) electrons. The Morgan fingerprint density at radius 1 is 1.62 bits per heavy atom. The van der Waals surface area contributed by atoms with E-state index in [-0.39, 0.29) is 12.4 Å². The van der Waals surface area contributed by atoms with Crippen molar-refractivity contribution in [2.45, 2.75) is 32.4 Å². The topological polar surface area (TPSA) is 28.2 Å². The SMILES string of the molecule is CCCN(Cc1cscn1)C1CCNC1.Cl. The van der Waals surface area contributed by atoms with Crippen molar-refractivity contribution in [1.29, 1.82) is 0 Å². The van der Waals surface area contributed by atoms with E-state index in [0.717, 1.165) is 13.1 Å². The van der Waals surface area contributed by atoms with Crippen LogP contribution >= 0.6 is 23.7 Å². The molecule has 1 saturated heterocycles. The Morgan fingerprint density at radius 2 is 2.50 bits per heavy atom. The Morgan fingerprint density at radius 3 is 3.06 bits per heavy atom. The van der Waals surface area contributed by atoms with Gasteiger partial charge in [0.25, 0.3) is 0 Å². The van der Waals surface area contributed by atoms with Gasteiger partial charge in [-0.1, -0.05) is 6.92 Å². The first-order valence-corrected chi connectivity index (χ1v) is 6.66. The number of nitrogens with zero attached hydrogens (tertiary/aromatic N) is 2. The van der Waals surface area contributed by atoms with Crippen LogP contribution in [0.15, 0.2) is 10.9 Å². The van der Waals surface area contributed by atoms with Crippen LogP contribution in [0.25, 0.3) is 0 Å². The lowest BCUT2D eigenvalue weighted by atomic mass is 10.2. The van der Waals surface area contributed by atoms with Gasteiger partial charge in [0.05, 0.1) is 11.2 Å². The normalized spacial score (nSPS) is 20.0. The molecule has 0 bridgehead atoms. The third-order valence-electron chi connectivity index (χ3n) is 2.91.